The molecule has 0 aliphatic rings. The van der Waals surface area contributed by atoms with E-state index in [9.17, 15) is 4.79 Å². The van der Waals surface area contributed by atoms with Gasteiger partial charge in [0.15, 0.2) is 0 Å². The maximum atomic E-state index is 12.0. The molecule has 0 aliphatic carbocycles. The number of likely N-dealkylation sites (N-methyl/N-ethyl adjacent to an activating group) is 1. The Balaban J connectivity index is 2.57. The molecular formula is C14H22N2O. The highest BCUT2D eigenvalue weighted by Crippen LogP contribution is 2.11. The number of rotatable bonds is 5. The largest absolute Gasteiger partial charge is 0.348 e. The Morgan fingerprint density at radius 3 is 2.41 bits per heavy atom. The van der Waals surface area contributed by atoms with Crippen LogP contribution in [0.3, 0.4) is 0 Å². The van der Waals surface area contributed by atoms with E-state index in [0.29, 0.717) is 0 Å². The molecule has 1 N–H and O–H groups in total. The summed E-state index contributed by atoms with van der Waals surface area (Å²) >= 11 is 0. The van der Waals surface area contributed by atoms with E-state index in [1.807, 2.05) is 63.1 Å². The van der Waals surface area contributed by atoms with Crippen LogP contribution in [0.15, 0.2) is 30.3 Å². The maximum Gasteiger partial charge on any atom is 0.237 e. The van der Waals surface area contributed by atoms with Crippen molar-refractivity contribution in [2.24, 2.45) is 0 Å². The Bertz CT molecular complexity index is 350. The lowest BCUT2D eigenvalue weighted by Gasteiger charge is -2.24. The zero-order valence-electron chi connectivity index (χ0n) is 11.1. The predicted octanol–water partition coefficient (Wildman–Crippen LogP) is 2.20. The molecule has 1 aromatic carbocycles. The van der Waals surface area contributed by atoms with E-state index < -0.39 is 0 Å². The van der Waals surface area contributed by atoms with Crippen molar-refractivity contribution >= 4 is 5.91 Å². The fraction of sp³-hybridized carbons (Fsp3) is 0.500. The van der Waals surface area contributed by atoms with Crippen molar-refractivity contribution in [3.05, 3.63) is 35.9 Å². The molecule has 1 aromatic rings. The molecule has 3 heteroatoms. The van der Waals surface area contributed by atoms with Crippen molar-refractivity contribution in [1.82, 2.24) is 10.2 Å². The van der Waals surface area contributed by atoms with Gasteiger partial charge in [-0.3, -0.25) is 9.69 Å². The van der Waals surface area contributed by atoms with Gasteiger partial charge in [-0.25, -0.2) is 0 Å². The standard InChI is InChI=1S/C14H22N2O/c1-5-16(4)12(3)14(17)15-11(2)13-9-7-6-8-10-13/h6-12H,5H2,1-4H3,(H,15,17). The fourth-order valence-corrected chi connectivity index (χ4v) is 1.63. The third-order valence-electron chi connectivity index (χ3n) is 3.20. The van der Waals surface area contributed by atoms with E-state index in [1.165, 1.54) is 0 Å². The molecule has 2 atom stereocenters. The monoisotopic (exact) mass is 234 g/mol. The molecule has 1 rings (SSSR count). The van der Waals surface area contributed by atoms with Gasteiger partial charge in [-0.15, -0.1) is 0 Å². The van der Waals surface area contributed by atoms with E-state index in [4.69, 9.17) is 0 Å². The summed E-state index contributed by atoms with van der Waals surface area (Å²) in [5.41, 5.74) is 1.13. The first-order chi connectivity index (χ1) is 8.06. The van der Waals surface area contributed by atoms with Gasteiger partial charge in [0.25, 0.3) is 0 Å². The fourth-order valence-electron chi connectivity index (χ4n) is 1.63. The first kappa shape index (κ1) is 13.7. The number of nitrogens with zero attached hydrogens (tertiary/aromatic N) is 1. The topological polar surface area (TPSA) is 32.3 Å². The van der Waals surface area contributed by atoms with Crippen molar-refractivity contribution in [3.8, 4) is 0 Å². The molecule has 1 amide bonds. The highest BCUT2D eigenvalue weighted by Gasteiger charge is 2.18. The third-order valence-corrected chi connectivity index (χ3v) is 3.20. The average molecular weight is 234 g/mol. The lowest BCUT2D eigenvalue weighted by molar-refractivity contribution is -0.126. The number of benzene rings is 1. The van der Waals surface area contributed by atoms with Crippen LogP contribution in [0, 0.1) is 0 Å². The van der Waals surface area contributed by atoms with Crippen LogP contribution >= 0.6 is 0 Å². The number of carbonyl (C=O) groups is 1. The Morgan fingerprint density at radius 1 is 1.29 bits per heavy atom. The van der Waals surface area contributed by atoms with Gasteiger partial charge in [0, 0.05) is 0 Å². The van der Waals surface area contributed by atoms with Crippen molar-refractivity contribution in [1.29, 1.82) is 0 Å². The van der Waals surface area contributed by atoms with Gasteiger partial charge >= 0.3 is 0 Å². The minimum absolute atomic E-state index is 0.0522. The lowest BCUT2D eigenvalue weighted by atomic mass is 10.1. The maximum absolute atomic E-state index is 12.0. The van der Waals surface area contributed by atoms with Gasteiger partial charge in [0.2, 0.25) is 5.91 Å². The molecule has 0 heterocycles. The summed E-state index contributed by atoms with van der Waals surface area (Å²) in [5, 5.41) is 3.03. The second-order valence-electron chi connectivity index (χ2n) is 4.39. The smallest absolute Gasteiger partial charge is 0.237 e. The summed E-state index contributed by atoms with van der Waals surface area (Å²) in [6.07, 6.45) is 0. The van der Waals surface area contributed by atoms with Gasteiger partial charge in [-0.2, -0.15) is 0 Å². The molecule has 0 radical (unpaired) electrons. The molecule has 17 heavy (non-hydrogen) atoms. The summed E-state index contributed by atoms with van der Waals surface area (Å²) in [7, 11) is 1.96. The van der Waals surface area contributed by atoms with Gasteiger partial charge in [0.05, 0.1) is 12.1 Å². The minimum atomic E-state index is -0.0915. The first-order valence-electron chi connectivity index (χ1n) is 6.11. The molecule has 94 valence electrons. The molecule has 0 saturated heterocycles. The molecule has 3 nitrogen and oxygen atoms in total. The Morgan fingerprint density at radius 2 is 1.88 bits per heavy atom. The number of nitrogens with one attached hydrogen (secondary N) is 1. The van der Waals surface area contributed by atoms with Crippen molar-refractivity contribution in [3.63, 3.8) is 0 Å². The molecule has 0 bridgehead atoms. The average Bonchev–Trinajstić information content (AvgIpc) is 2.37. The SMILES string of the molecule is CCN(C)C(C)C(=O)NC(C)c1ccccc1. The van der Waals surface area contributed by atoms with E-state index >= 15 is 0 Å². The van der Waals surface area contributed by atoms with Crippen LogP contribution in [-0.2, 0) is 4.79 Å². The summed E-state index contributed by atoms with van der Waals surface area (Å²) in [5.74, 6) is 0.0747. The Hall–Kier alpha value is -1.35. The zero-order valence-corrected chi connectivity index (χ0v) is 11.1. The van der Waals surface area contributed by atoms with Crippen LogP contribution in [0.1, 0.15) is 32.4 Å². The summed E-state index contributed by atoms with van der Waals surface area (Å²) in [6, 6.07) is 9.96. The first-order valence-corrected chi connectivity index (χ1v) is 6.11. The van der Waals surface area contributed by atoms with Crippen LogP contribution in [0.25, 0.3) is 0 Å². The van der Waals surface area contributed by atoms with E-state index in [0.717, 1.165) is 12.1 Å². The van der Waals surface area contributed by atoms with Crippen LogP contribution in [0.2, 0.25) is 0 Å². The molecule has 0 aliphatic heterocycles. The van der Waals surface area contributed by atoms with Crippen LogP contribution in [0.5, 0.6) is 0 Å². The Kier molecular flexibility index (Phi) is 5.16. The quantitative estimate of drug-likeness (QED) is 0.847. The minimum Gasteiger partial charge on any atom is -0.348 e. The van der Waals surface area contributed by atoms with Crippen LogP contribution in [-0.4, -0.2) is 30.4 Å². The van der Waals surface area contributed by atoms with Gasteiger partial charge in [-0.05, 0) is 33.0 Å². The molecular weight excluding hydrogens is 212 g/mol. The summed E-state index contributed by atoms with van der Waals surface area (Å²) < 4.78 is 0. The van der Waals surface area contributed by atoms with Gasteiger partial charge in [-0.1, -0.05) is 37.3 Å². The van der Waals surface area contributed by atoms with E-state index in [-0.39, 0.29) is 18.0 Å². The second-order valence-corrected chi connectivity index (χ2v) is 4.39. The zero-order chi connectivity index (χ0) is 12.8. The number of hydrogen-bond acceptors (Lipinski definition) is 2. The van der Waals surface area contributed by atoms with Crippen molar-refractivity contribution in [2.45, 2.75) is 32.9 Å². The second kappa shape index (κ2) is 6.40. The Labute approximate surface area is 104 Å². The van der Waals surface area contributed by atoms with Gasteiger partial charge < -0.3 is 5.32 Å². The number of amides is 1. The molecule has 2 unspecified atom stereocenters. The molecule has 0 aromatic heterocycles. The lowest BCUT2D eigenvalue weighted by Crippen LogP contribution is -2.43. The van der Waals surface area contributed by atoms with Crippen molar-refractivity contribution in [2.75, 3.05) is 13.6 Å². The number of hydrogen-bond donors (Lipinski definition) is 1. The molecule has 0 saturated carbocycles. The summed E-state index contributed by atoms with van der Waals surface area (Å²) in [6.45, 7) is 6.85. The number of carbonyl (C=O) groups excluding carboxylic acids is 1. The normalized spacial score (nSPS) is 14.4. The van der Waals surface area contributed by atoms with E-state index in [1.54, 1.807) is 0 Å². The molecule has 0 fully saturated rings. The van der Waals surface area contributed by atoms with Gasteiger partial charge in [0.1, 0.15) is 0 Å². The van der Waals surface area contributed by atoms with Crippen LogP contribution in [0.4, 0.5) is 0 Å². The van der Waals surface area contributed by atoms with Crippen molar-refractivity contribution < 1.29 is 4.79 Å². The van der Waals surface area contributed by atoms with E-state index in [2.05, 4.69) is 5.32 Å². The highest BCUT2D eigenvalue weighted by molar-refractivity contribution is 5.81. The predicted molar refractivity (Wildman–Crippen MR) is 70.8 cm³/mol. The summed E-state index contributed by atoms with van der Waals surface area (Å²) in [4.78, 5) is 14.0. The molecule has 0 spiro atoms. The van der Waals surface area contributed by atoms with Crippen LogP contribution < -0.4 is 5.32 Å². The highest BCUT2D eigenvalue weighted by atomic mass is 16.2. The third kappa shape index (κ3) is 3.86.